The number of methoxy groups -OCH3 is 2. The van der Waals surface area contributed by atoms with E-state index in [1.54, 1.807) is 14.2 Å². The van der Waals surface area contributed by atoms with E-state index in [-0.39, 0.29) is 24.5 Å². The highest BCUT2D eigenvalue weighted by Gasteiger charge is 2.13. The maximum absolute atomic E-state index is 5.33. The molecule has 2 rings (SSSR count). The lowest BCUT2D eigenvalue weighted by molar-refractivity contribution is 0.410. The molecule has 0 spiro atoms. The Morgan fingerprint density at radius 2 is 1.12 bits per heavy atom. The molecule has 4 heteroatoms. The number of ether oxygens (including phenoxy) is 2. The molecule has 24 heavy (non-hydrogen) atoms. The van der Waals surface area contributed by atoms with Crippen molar-refractivity contribution in [2.45, 2.75) is 39.8 Å². The van der Waals surface area contributed by atoms with Crippen LogP contribution in [-0.4, -0.2) is 14.2 Å². The molecule has 0 aliphatic carbocycles. The average Bonchev–Trinajstić information content (AvgIpc) is 2.54. The maximum atomic E-state index is 5.33. The van der Waals surface area contributed by atoms with Crippen molar-refractivity contribution in [3.63, 3.8) is 0 Å². The van der Waals surface area contributed by atoms with Gasteiger partial charge in [-0.15, -0.1) is 12.4 Å². The van der Waals surface area contributed by atoms with E-state index in [0.717, 1.165) is 22.6 Å². The van der Waals surface area contributed by atoms with E-state index in [1.165, 1.54) is 11.1 Å². The topological polar surface area (TPSA) is 30.5 Å². The van der Waals surface area contributed by atoms with Crippen molar-refractivity contribution < 1.29 is 9.47 Å². The summed E-state index contributed by atoms with van der Waals surface area (Å²) in [4.78, 5) is 0. The zero-order chi connectivity index (χ0) is 17.0. The fraction of sp³-hybridized carbons (Fsp3) is 0.400. The molecular formula is C20H28ClNO2. The molecule has 1 N–H and O–H groups in total. The van der Waals surface area contributed by atoms with Crippen molar-refractivity contribution in [3.8, 4) is 11.5 Å². The number of rotatable bonds is 6. The summed E-state index contributed by atoms with van der Waals surface area (Å²) in [6, 6.07) is 13.2. The molecule has 0 amide bonds. The Morgan fingerprint density at radius 3 is 1.42 bits per heavy atom. The lowest BCUT2D eigenvalue weighted by atomic mass is 10.0. The Balaban J connectivity index is 0.00000288. The van der Waals surface area contributed by atoms with Crippen LogP contribution in [0, 0.1) is 13.8 Å². The molecule has 2 aromatic rings. The summed E-state index contributed by atoms with van der Waals surface area (Å²) in [5.41, 5.74) is 4.85. The first kappa shape index (κ1) is 20.3. The largest absolute Gasteiger partial charge is 0.496 e. The van der Waals surface area contributed by atoms with Crippen LogP contribution in [-0.2, 0) is 0 Å². The third-order valence-electron chi connectivity index (χ3n) is 4.34. The number of benzene rings is 2. The lowest BCUT2D eigenvalue weighted by Gasteiger charge is -2.22. The first-order valence-corrected chi connectivity index (χ1v) is 8.01. The SMILES string of the molecule is COc1ccc(C(C)NC(C)c2ccc(OC)c(C)c2)cc1C.Cl. The van der Waals surface area contributed by atoms with E-state index in [1.807, 2.05) is 12.1 Å². The number of hydrogen-bond donors (Lipinski definition) is 1. The van der Waals surface area contributed by atoms with Gasteiger partial charge in [-0.25, -0.2) is 0 Å². The van der Waals surface area contributed by atoms with E-state index >= 15 is 0 Å². The van der Waals surface area contributed by atoms with Gasteiger partial charge in [0.05, 0.1) is 14.2 Å². The first-order valence-electron chi connectivity index (χ1n) is 8.01. The van der Waals surface area contributed by atoms with Crippen LogP contribution in [0.3, 0.4) is 0 Å². The van der Waals surface area contributed by atoms with E-state index in [0.29, 0.717) is 0 Å². The Hall–Kier alpha value is -1.71. The van der Waals surface area contributed by atoms with Gasteiger partial charge in [-0.3, -0.25) is 0 Å². The molecule has 2 aromatic carbocycles. The third kappa shape index (κ3) is 4.65. The van der Waals surface area contributed by atoms with Gasteiger partial charge in [0.15, 0.2) is 0 Å². The maximum Gasteiger partial charge on any atom is 0.121 e. The summed E-state index contributed by atoms with van der Waals surface area (Å²) >= 11 is 0. The Morgan fingerprint density at radius 1 is 0.750 bits per heavy atom. The molecule has 2 unspecified atom stereocenters. The standard InChI is InChI=1S/C20H27NO2.ClH/c1-13-11-17(7-9-19(13)22-5)15(3)21-16(4)18-8-10-20(23-6)14(2)12-18;/h7-12,15-16,21H,1-6H3;1H. The van der Waals surface area contributed by atoms with Gasteiger partial charge in [0.1, 0.15) is 11.5 Å². The third-order valence-corrected chi connectivity index (χ3v) is 4.34. The fourth-order valence-corrected chi connectivity index (χ4v) is 2.91. The first-order chi connectivity index (χ1) is 11.0. The highest BCUT2D eigenvalue weighted by molar-refractivity contribution is 5.85. The quantitative estimate of drug-likeness (QED) is 0.781. The van der Waals surface area contributed by atoms with Crippen LogP contribution < -0.4 is 14.8 Å². The van der Waals surface area contributed by atoms with E-state index in [4.69, 9.17) is 9.47 Å². The van der Waals surface area contributed by atoms with E-state index in [2.05, 4.69) is 57.3 Å². The molecule has 2 atom stereocenters. The predicted octanol–water partition coefficient (Wildman–Crippen LogP) is 5.15. The summed E-state index contributed by atoms with van der Waals surface area (Å²) in [5.74, 6) is 1.86. The van der Waals surface area contributed by atoms with Gasteiger partial charge >= 0.3 is 0 Å². The minimum absolute atomic E-state index is 0. The second kappa shape index (κ2) is 8.95. The van der Waals surface area contributed by atoms with Gasteiger partial charge in [0, 0.05) is 12.1 Å². The van der Waals surface area contributed by atoms with Crippen molar-refractivity contribution in [1.29, 1.82) is 0 Å². The highest BCUT2D eigenvalue weighted by Crippen LogP contribution is 2.26. The number of hydrogen-bond acceptors (Lipinski definition) is 3. The molecule has 0 heterocycles. The van der Waals surface area contributed by atoms with Gasteiger partial charge in [-0.2, -0.15) is 0 Å². The van der Waals surface area contributed by atoms with Crippen molar-refractivity contribution in [3.05, 3.63) is 58.7 Å². The Bertz CT molecular complexity index is 615. The normalized spacial score (nSPS) is 12.9. The molecule has 3 nitrogen and oxygen atoms in total. The predicted molar refractivity (Wildman–Crippen MR) is 103 cm³/mol. The second-order valence-electron chi connectivity index (χ2n) is 6.07. The second-order valence-corrected chi connectivity index (χ2v) is 6.07. The molecule has 0 saturated heterocycles. The summed E-state index contributed by atoms with van der Waals surface area (Å²) in [6.07, 6.45) is 0. The van der Waals surface area contributed by atoms with Crippen LogP contribution >= 0.6 is 12.4 Å². The van der Waals surface area contributed by atoms with Crippen molar-refractivity contribution in [2.75, 3.05) is 14.2 Å². The number of halogens is 1. The lowest BCUT2D eigenvalue weighted by Crippen LogP contribution is -2.22. The van der Waals surface area contributed by atoms with Crippen molar-refractivity contribution in [1.82, 2.24) is 5.32 Å². The van der Waals surface area contributed by atoms with Crippen LogP contribution in [0.4, 0.5) is 0 Å². The van der Waals surface area contributed by atoms with Gasteiger partial charge < -0.3 is 14.8 Å². The molecule has 0 bridgehead atoms. The van der Waals surface area contributed by atoms with Gasteiger partial charge in [0.2, 0.25) is 0 Å². The zero-order valence-electron chi connectivity index (χ0n) is 15.3. The monoisotopic (exact) mass is 349 g/mol. The summed E-state index contributed by atoms with van der Waals surface area (Å²) < 4.78 is 10.7. The molecule has 0 aliphatic rings. The van der Waals surface area contributed by atoms with Crippen LogP contribution in [0.2, 0.25) is 0 Å². The minimum atomic E-state index is 0. The summed E-state index contributed by atoms with van der Waals surface area (Å²) in [5, 5.41) is 3.66. The Kier molecular flexibility index (Phi) is 7.59. The molecule has 0 saturated carbocycles. The van der Waals surface area contributed by atoms with E-state index < -0.39 is 0 Å². The average molecular weight is 350 g/mol. The summed E-state index contributed by atoms with van der Waals surface area (Å²) in [7, 11) is 3.41. The number of nitrogens with one attached hydrogen (secondary N) is 1. The fourth-order valence-electron chi connectivity index (χ4n) is 2.91. The molecular weight excluding hydrogens is 322 g/mol. The number of aryl methyl sites for hydroxylation is 2. The van der Waals surface area contributed by atoms with Gasteiger partial charge in [0.25, 0.3) is 0 Å². The van der Waals surface area contributed by atoms with Crippen LogP contribution in [0.5, 0.6) is 11.5 Å². The minimum Gasteiger partial charge on any atom is -0.496 e. The van der Waals surface area contributed by atoms with Crippen molar-refractivity contribution in [2.24, 2.45) is 0 Å². The molecule has 0 aromatic heterocycles. The smallest absolute Gasteiger partial charge is 0.121 e. The van der Waals surface area contributed by atoms with Crippen LogP contribution in [0.25, 0.3) is 0 Å². The van der Waals surface area contributed by atoms with Gasteiger partial charge in [-0.05, 0) is 62.1 Å². The zero-order valence-corrected chi connectivity index (χ0v) is 16.2. The highest BCUT2D eigenvalue weighted by atomic mass is 35.5. The summed E-state index contributed by atoms with van der Waals surface area (Å²) in [6.45, 7) is 8.53. The molecule has 132 valence electrons. The van der Waals surface area contributed by atoms with Crippen molar-refractivity contribution >= 4 is 12.4 Å². The van der Waals surface area contributed by atoms with Crippen LogP contribution in [0.15, 0.2) is 36.4 Å². The molecule has 0 fully saturated rings. The molecule has 0 aliphatic heterocycles. The molecule has 0 radical (unpaired) electrons. The Labute approximate surface area is 151 Å². The van der Waals surface area contributed by atoms with Crippen LogP contribution in [0.1, 0.15) is 48.2 Å². The van der Waals surface area contributed by atoms with E-state index in [9.17, 15) is 0 Å². The van der Waals surface area contributed by atoms with Gasteiger partial charge in [-0.1, -0.05) is 24.3 Å².